The van der Waals surface area contributed by atoms with Gasteiger partial charge < -0.3 is 15.2 Å². The lowest BCUT2D eigenvalue weighted by Gasteiger charge is -2.15. The number of nitrogens with one attached hydrogen (secondary N) is 2. The predicted molar refractivity (Wildman–Crippen MR) is 103 cm³/mol. The highest BCUT2D eigenvalue weighted by molar-refractivity contribution is 6.00. The van der Waals surface area contributed by atoms with Gasteiger partial charge in [-0.3, -0.25) is 9.78 Å². The van der Waals surface area contributed by atoms with Crippen molar-refractivity contribution in [2.24, 2.45) is 5.92 Å². The summed E-state index contributed by atoms with van der Waals surface area (Å²) in [5.41, 5.74) is 1.34. The van der Waals surface area contributed by atoms with E-state index in [0.29, 0.717) is 30.1 Å². The normalized spacial score (nSPS) is 10.9. The Morgan fingerprint density at radius 2 is 1.85 bits per heavy atom. The van der Waals surface area contributed by atoms with E-state index in [9.17, 15) is 9.59 Å². The molecule has 0 unspecified atom stereocenters. The van der Waals surface area contributed by atoms with E-state index in [-0.39, 0.29) is 11.6 Å². The third kappa shape index (κ3) is 4.08. The minimum Gasteiger partial charge on any atom is -0.332 e. The first-order chi connectivity index (χ1) is 12.5. The second-order valence-electron chi connectivity index (χ2n) is 6.57. The molecule has 0 aliphatic carbocycles. The maximum Gasteiger partial charge on any atom is 0.319 e. The molecule has 0 aliphatic rings. The van der Waals surface area contributed by atoms with Crippen molar-refractivity contribution in [1.29, 1.82) is 0 Å². The molecule has 0 aliphatic heterocycles. The van der Waals surface area contributed by atoms with Crippen LogP contribution in [0.25, 0.3) is 10.8 Å². The maximum atomic E-state index is 12.6. The monoisotopic (exact) mass is 350 g/mol. The zero-order chi connectivity index (χ0) is 18.5. The Morgan fingerprint density at radius 1 is 1.12 bits per heavy atom. The van der Waals surface area contributed by atoms with Gasteiger partial charge in [0, 0.05) is 29.7 Å². The predicted octanol–water partition coefficient (Wildman–Crippen LogP) is 3.37. The first-order valence-electron chi connectivity index (χ1n) is 8.61. The van der Waals surface area contributed by atoms with E-state index in [1.165, 1.54) is 0 Å². The van der Waals surface area contributed by atoms with Crippen LogP contribution in [0.3, 0.4) is 0 Å². The molecule has 0 fully saturated rings. The molecule has 0 saturated heterocycles. The number of anilines is 1. The fraction of sp³-hybridized carbons (Fsp3) is 0.250. The quantitative estimate of drug-likeness (QED) is 0.741. The molecule has 6 nitrogen and oxygen atoms in total. The summed E-state index contributed by atoms with van der Waals surface area (Å²) in [6.07, 6.45) is 3.40. The van der Waals surface area contributed by atoms with Crippen molar-refractivity contribution in [2.45, 2.75) is 26.9 Å². The Bertz CT molecular complexity index is 964. The molecule has 2 N–H and O–H groups in total. The summed E-state index contributed by atoms with van der Waals surface area (Å²) in [5.74, 6) is 0.319. The van der Waals surface area contributed by atoms with Crippen molar-refractivity contribution < 1.29 is 4.79 Å². The molecule has 6 heteroatoms. The van der Waals surface area contributed by atoms with Gasteiger partial charge in [0.25, 0.3) is 5.56 Å². The first-order valence-corrected chi connectivity index (χ1v) is 8.61. The van der Waals surface area contributed by atoms with Gasteiger partial charge in [0.15, 0.2) is 0 Å². The molecule has 2 heterocycles. The van der Waals surface area contributed by atoms with Crippen molar-refractivity contribution in [3.63, 3.8) is 0 Å². The van der Waals surface area contributed by atoms with Gasteiger partial charge in [-0.2, -0.15) is 0 Å². The zero-order valence-corrected chi connectivity index (χ0v) is 14.9. The van der Waals surface area contributed by atoms with Crippen molar-refractivity contribution in [3.05, 3.63) is 70.9 Å². The summed E-state index contributed by atoms with van der Waals surface area (Å²) in [5, 5.41) is 6.97. The Labute approximate surface area is 151 Å². The highest BCUT2D eigenvalue weighted by Crippen LogP contribution is 2.20. The van der Waals surface area contributed by atoms with E-state index in [1.807, 2.05) is 50.2 Å². The smallest absolute Gasteiger partial charge is 0.319 e. The number of carbonyl (C=O) groups excluding carboxylic acids is 1. The van der Waals surface area contributed by atoms with Crippen LogP contribution >= 0.6 is 0 Å². The largest absolute Gasteiger partial charge is 0.332 e. The molecular formula is C20H22N4O2. The van der Waals surface area contributed by atoms with E-state index in [4.69, 9.17) is 0 Å². The standard InChI is InChI=1S/C20H22N4O2/c1-14(2)12-24-13-18(16-8-3-4-9-17(16)19(24)25)23-20(26)22-11-15-7-5-6-10-21-15/h3-10,13-14H,11-12H2,1-2H3,(H2,22,23,26). The number of nitrogens with zero attached hydrogens (tertiary/aromatic N) is 2. The summed E-state index contributed by atoms with van der Waals surface area (Å²) in [6, 6.07) is 12.5. The molecular weight excluding hydrogens is 328 g/mol. The van der Waals surface area contributed by atoms with Crippen LogP contribution in [0.2, 0.25) is 0 Å². The number of fused-ring (bicyclic) bond motifs is 1. The molecule has 26 heavy (non-hydrogen) atoms. The van der Waals surface area contributed by atoms with Crippen LogP contribution in [0, 0.1) is 5.92 Å². The number of rotatable bonds is 5. The van der Waals surface area contributed by atoms with Crippen molar-refractivity contribution >= 4 is 22.5 Å². The van der Waals surface area contributed by atoms with Crippen LogP contribution in [0.15, 0.2) is 59.7 Å². The fourth-order valence-corrected chi connectivity index (χ4v) is 2.81. The summed E-state index contributed by atoms with van der Waals surface area (Å²) in [4.78, 5) is 29.1. The number of carbonyl (C=O) groups is 1. The van der Waals surface area contributed by atoms with Crippen LogP contribution in [0.5, 0.6) is 0 Å². The lowest BCUT2D eigenvalue weighted by Crippen LogP contribution is -2.30. The second kappa shape index (κ2) is 7.82. The van der Waals surface area contributed by atoms with Crippen LogP contribution in [-0.4, -0.2) is 15.6 Å². The fourth-order valence-electron chi connectivity index (χ4n) is 2.81. The first kappa shape index (κ1) is 17.7. The Kier molecular flexibility index (Phi) is 5.31. The molecule has 0 atom stereocenters. The number of hydrogen-bond donors (Lipinski definition) is 2. The maximum absolute atomic E-state index is 12.6. The van der Waals surface area contributed by atoms with E-state index in [1.54, 1.807) is 23.0 Å². The number of hydrogen-bond acceptors (Lipinski definition) is 3. The molecule has 0 bridgehead atoms. The van der Waals surface area contributed by atoms with Gasteiger partial charge in [-0.1, -0.05) is 38.1 Å². The average Bonchev–Trinajstić information content (AvgIpc) is 2.64. The average molecular weight is 350 g/mol. The number of urea groups is 1. The van der Waals surface area contributed by atoms with Gasteiger partial charge in [-0.05, 0) is 24.1 Å². The number of benzene rings is 1. The van der Waals surface area contributed by atoms with Gasteiger partial charge >= 0.3 is 6.03 Å². The van der Waals surface area contributed by atoms with Gasteiger partial charge in [-0.15, -0.1) is 0 Å². The van der Waals surface area contributed by atoms with Crippen LogP contribution in [-0.2, 0) is 13.1 Å². The third-order valence-electron chi connectivity index (χ3n) is 3.96. The van der Waals surface area contributed by atoms with E-state index in [2.05, 4.69) is 15.6 Å². The molecule has 0 spiro atoms. The zero-order valence-electron chi connectivity index (χ0n) is 14.9. The molecule has 0 radical (unpaired) electrons. The van der Waals surface area contributed by atoms with Gasteiger partial charge in [-0.25, -0.2) is 4.79 Å². The summed E-state index contributed by atoms with van der Waals surface area (Å²) in [7, 11) is 0. The van der Waals surface area contributed by atoms with Gasteiger partial charge in [0.05, 0.1) is 17.9 Å². The van der Waals surface area contributed by atoms with Crippen molar-refractivity contribution in [1.82, 2.24) is 14.9 Å². The van der Waals surface area contributed by atoms with Crippen LogP contribution in [0.4, 0.5) is 10.5 Å². The lowest BCUT2D eigenvalue weighted by molar-refractivity contribution is 0.251. The summed E-state index contributed by atoms with van der Waals surface area (Å²) < 4.78 is 1.65. The highest BCUT2D eigenvalue weighted by atomic mass is 16.2. The Hall–Kier alpha value is -3.15. The highest BCUT2D eigenvalue weighted by Gasteiger charge is 2.11. The third-order valence-corrected chi connectivity index (χ3v) is 3.96. The minimum atomic E-state index is -0.337. The van der Waals surface area contributed by atoms with E-state index in [0.717, 1.165) is 11.1 Å². The molecule has 3 aromatic rings. The summed E-state index contributed by atoms with van der Waals surface area (Å²) in [6.45, 7) is 5.02. The van der Waals surface area contributed by atoms with Gasteiger partial charge in [0.1, 0.15) is 0 Å². The van der Waals surface area contributed by atoms with Crippen molar-refractivity contribution in [3.8, 4) is 0 Å². The second-order valence-corrected chi connectivity index (χ2v) is 6.57. The topological polar surface area (TPSA) is 76.0 Å². The number of pyridine rings is 2. The molecule has 1 aromatic carbocycles. The number of amides is 2. The molecule has 0 saturated carbocycles. The van der Waals surface area contributed by atoms with Gasteiger partial charge in [0.2, 0.25) is 0 Å². The Balaban J connectivity index is 1.85. The number of aromatic nitrogens is 2. The lowest BCUT2D eigenvalue weighted by atomic mass is 10.1. The van der Waals surface area contributed by atoms with Crippen molar-refractivity contribution in [2.75, 3.05) is 5.32 Å². The minimum absolute atomic E-state index is 0.0475. The molecule has 3 rings (SSSR count). The van der Waals surface area contributed by atoms with E-state index < -0.39 is 0 Å². The summed E-state index contributed by atoms with van der Waals surface area (Å²) >= 11 is 0. The van der Waals surface area contributed by atoms with E-state index >= 15 is 0 Å². The van der Waals surface area contributed by atoms with Crippen LogP contribution < -0.4 is 16.2 Å². The molecule has 2 aromatic heterocycles. The Morgan fingerprint density at radius 3 is 2.54 bits per heavy atom. The molecule has 134 valence electrons. The SMILES string of the molecule is CC(C)Cn1cc(NC(=O)NCc2ccccn2)c2ccccc2c1=O. The van der Waals surface area contributed by atoms with Crippen LogP contribution in [0.1, 0.15) is 19.5 Å². The molecule has 2 amide bonds.